The molecule has 1 aromatic heterocycles. The highest BCUT2D eigenvalue weighted by molar-refractivity contribution is 9.10. The minimum absolute atomic E-state index is 0.109. The van der Waals surface area contributed by atoms with Gasteiger partial charge in [-0.3, -0.25) is 0 Å². The number of halogens is 1. The maximum Gasteiger partial charge on any atom is 0.345 e. The maximum absolute atomic E-state index is 11.7. The molecule has 6 nitrogen and oxygen atoms in total. The Morgan fingerprint density at radius 2 is 1.72 bits per heavy atom. The summed E-state index contributed by atoms with van der Waals surface area (Å²) in [7, 11) is 0.536. The number of aromatic amines is 1. The Hall–Kier alpha value is -1.38. The van der Waals surface area contributed by atoms with E-state index in [4.69, 9.17) is 4.43 Å². The molecule has 0 unspecified atom stereocenters. The van der Waals surface area contributed by atoms with Crippen LogP contribution in [0.15, 0.2) is 16.1 Å². The van der Waals surface area contributed by atoms with E-state index in [9.17, 15) is 9.59 Å². The van der Waals surface area contributed by atoms with Crippen LogP contribution in [0.3, 0.4) is 0 Å². The van der Waals surface area contributed by atoms with Crippen LogP contribution in [0.4, 0.5) is 0 Å². The highest BCUT2D eigenvalue weighted by atomic mass is 79.9. The van der Waals surface area contributed by atoms with Crippen molar-refractivity contribution in [3.05, 3.63) is 27.5 Å². The first-order valence-electron chi connectivity index (χ1n) is 7.82. The summed E-state index contributed by atoms with van der Waals surface area (Å²) in [5.41, 5.74) is 1.23. The van der Waals surface area contributed by atoms with Crippen molar-refractivity contribution in [2.24, 2.45) is 0 Å². The largest absolute Gasteiger partial charge is 0.465 e. The lowest BCUT2D eigenvalue weighted by atomic mass is 10.2. The average molecular weight is 432 g/mol. The first kappa shape index (κ1) is 21.7. The molecular formula is C17H26BrNO5Si. The molecule has 0 atom stereocenters. The Kier molecular flexibility index (Phi) is 7.22. The molecule has 0 aliphatic heterocycles. The number of hydrogen-bond donors (Lipinski definition) is 1. The molecule has 0 aliphatic rings. The van der Waals surface area contributed by atoms with E-state index in [0.29, 0.717) is 12.3 Å². The maximum atomic E-state index is 11.7. The fraction of sp³-hybridized carbons (Fsp3) is 0.529. The summed E-state index contributed by atoms with van der Waals surface area (Å²) in [4.78, 5) is 26.6. The normalized spacial score (nSPS) is 11.8. The predicted molar refractivity (Wildman–Crippen MR) is 102 cm³/mol. The minimum atomic E-state index is -1.89. The molecule has 0 bridgehead atoms. The Labute approximate surface area is 158 Å². The zero-order valence-electron chi connectivity index (χ0n) is 15.8. The van der Waals surface area contributed by atoms with Gasteiger partial charge in [-0.25, -0.2) is 9.59 Å². The molecule has 0 radical (unpaired) electrons. The number of nitrogens with one attached hydrogen (secondary N) is 1. The molecule has 0 saturated heterocycles. The molecule has 0 aliphatic carbocycles. The summed E-state index contributed by atoms with van der Waals surface area (Å²) >= 11 is 3.48. The second-order valence-electron chi connectivity index (χ2n) is 7.14. The van der Waals surface area contributed by atoms with Gasteiger partial charge in [0.1, 0.15) is 5.57 Å². The number of H-pyrrole nitrogens is 1. The molecule has 140 valence electrons. The van der Waals surface area contributed by atoms with Crippen LogP contribution in [-0.4, -0.2) is 39.5 Å². The summed E-state index contributed by atoms with van der Waals surface area (Å²) in [5, 5.41) is 0.109. The van der Waals surface area contributed by atoms with Gasteiger partial charge in [0.25, 0.3) is 0 Å². The lowest BCUT2D eigenvalue weighted by Crippen LogP contribution is -2.40. The van der Waals surface area contributed by atoms with Crippen molar-refractivity contribution < 1.29 is 23.5 Å². The average Bonchev–Trinajstić information content (AvgIpc) is 2.88. The van der Waals surface area contributed by atoms with Crippen LogP contribution < -0.4 is 0 Å². The van der Waals surface area contributed by atoms with Crippen molar-refractivity contribution in [2.45, 2.75) is 45.5 Å². The number of ether oxygens (including phenoxy) is 2. The van der Waals surface area contributed by atoms with Crippen LogP contribution >= 0.6 is 15.9 Å². The van der Waals surface area contributed by atoms with Gasteiger partial charge in [0.2, 0.25) is 0 Å². The van der Waals surface area contributed by atoms with Gasteiger partial charge < -0.3 is 18.9 Å². The van der Waals surface area contributed by atoms with E-state index in [2.05, 4.69) is 64.3 Å². The van der Waals surface area contributed by atoms with Crippen LogP contribution in [-0.2, 0) is 30.1 Å². The molecule has 0 saturated carbocycles. The molecule has 25 heavy (non-hydrogen) atoms. The standard InChI is InChI=1S/C17H26BrNO5Si/c1-17(2,3)25(6,7)24-10-14-13(18)9-11(19-14)8-12(15(20)22-4)16(21)23-5/h8-9,19H,10H2,1-7H3. The molecule has 1 heterocycles. The van der Waals surface area contributed by atoms with Crippen molar-refractivity contribution in [3.63, 3.8) is 0 Å². The van der Waals surface area contributed by atoms with E-state index in [0.717, 1.165) is 10.2 Å². The van der Waals surface area contributed by atoms with Crippen LogP contribution in [0.1, 0.15) is 32.2 Å². The second-order valence-corrected chi connectivity index (χ2v) is 12.8. The van der Waals surface area contributed by atoms with Crippen molar-refractivity contribution in [1.29, 1.82) is 0 Å². The summed E-state index contributed by atoms with van der Waals surface area (Å²) < 4.78 is 16.2. The quantitative estimate of drug-likeness (QED) is 0.242. The molecule has 0 aromatic carbocycles. The van der Waals surface area contributed by atoms with Gasteiger partial charge in [-0.15, -0.1) is 0 Å². The highest BCUT2D eigenvalue weighted by Gasteiger charge is 2.37. The van der Waals surface area contributed by atoms with Crippen LogP contribution in [0.25, 0.3) is 6.08 Å². The third kappa shape index (κ3) is 5.55. The highest BCUT2D eigenvalue weighted by Crippen LogP contribution is 2.37. The number of esters is 2. The topological polar surface area (TPSA) is 77.6 Å². The van der Waals surface area contributed by atoms with E-state index in [-0.39, 0.29) is 10.6 Å². The fourth-order valence-corrected chi connectivity index (χ4v) is 3.12. The van der Waals surface area contributed by atoms with E-state index >= 15 is 0 Å². The number of methoxy groups -OCH3 is 2. The lowest BCUT2D eigenvalue weighted by molar-refractivity contribution is -0.143. The fourth-order valence-electron chi connectivity index (χ4n) is 1.72. The van der Waals surface area contributed by atoms with Gasteiger partial charge in [0.15, 0.2) is 8.32 Å². The number of aromatic nitrogens is 1. The Bertz CT molecular complexity index is 655. The Morgan fingerprint density at radius 1 is 1.20 bits per heavy atom. The first-order chi connectivity index (χ1) is 11.4. The number of rotatable bonds is 6. The number of carbonyl (C=O) groups is 2. The third-order valence-electron chi connectivity index (χ3n) is 4.36. The third-order valence-corrected chi connectivity index (χ3v) is 9.55. The summed E-state index contributed by atoms with van der Waals surface area (Å²) in [5.74, 6) is -1.51. The van der Waals surface area contributed by atoms with Gasteiger partial charge in [0, 0.05) is 10.2 Å². The molecule has 0 amide bonds. The van der Waals surface area contributed by atoms with Crippen molar-refractivity contribution in [3.8, 4) is 0 Å². The molecule has 0 fully saturated rings. The molecule has 0 spiro atoms. The number of carbonyl (C=O) groups excluding carboxylic acids is 2. The number of hydrogen-bond acceptors (Lipinski definition) is 5. The molecule has 1 N–H and O–H groups in total. The summed E-state index contributed by atoms with van der Waals surface area (Å²) in [6.07, 6.45) is 1.40. The first-order valence-corrected chi connectivity index (χ1v) is 11.5. The molecule has 1 aromatic rings. The van der Waals surface area contributed by atoms with Crippen LogP contribution in [0.5, 0.6) is 0 Å². The monoisotopic (exact) mass is 431 g/mol. The second kappa shape index (κ2) is 8.33. The molecular weight excluding hydrogens is 406 g/mol. The van der Waals surface area contributed by atoms with Gasteiger partial charge in [-0.05, 0) is 46.2 Å². The predicted octanol–water partition coefficient (Wildman–Crippen LogP) is 4.03. The van der Waals surface area contributed by atoms with Crippen molar-refractivity contribution >= 4 is 42.3 Å². The van der Waals surface area contributed by atoms with E-state index in [1.165, 1.54) is 20.3 Å². The summed E-state index contributed by atoms with van der Waals surface area (Å²) in [6.45, 7) is 11.3. The van der Waals surface area contributed by atoms with E-state index < -0.39 is 20.3 Å². The molecule has 8 heteroatoms. The lowest BCUT2D eigenvalue weighted by Gasteiger charge is -2.36. The van der Waals surface area contributed by atoms with E-state index in [1.807, 2.05) is 0 Å². The zero-order chi connectivity index (χ0) is 19.4. The summed E-state index contributed by atoms with van der Waals surface area (Å²) in [6, 6.07) is 1.77. The zero-order valence-corrected chi connectivity index (χ0v) is 18.4. The van der Waals surface area contributed by atoms with Crippen LogP contribution in [0.2, 0.25) is 18.1 Å². The van der Waals surface area contributed by atoms with E-state index in [1.54, 1.807) is 6.07 Å². The van der Waals surface area contributed by atoms with Crippen molar-refractivity contribution in [1.82, 2.24) is 4.98 Å². The SMILES string of the molecule is COC(=O)C(=Cc1cc(Br)c(CO[Si](C)(C)C(C)(C)C)[nH]1)C(=O)OC. The smallest absolute Gasteiger partial charge is 0.345 e. The van der Waals surface area contributed by atoms with Gasteiger partial charge in [0.05, 0.1) is 26.5 Å². The van der Waals surface area contributed by atoms with Gasteiger partial charge in [-0.2, -0.15) is 0 Å². The molecule has 1 rings (SSSR count). The van der Waals surface area contributed by atoms with Gasteiger partial charge in [-0.1, -0.05) is 20.8 Å². The van der Waals surface area contributed by atoms with Crippen LogP contribution in [0, 0.1) is 0 Å². The Balaban J connectivity index is 3.04. The Morgan fingerprint density at radius 3 is 2.16 bits per heavy atom. The minimum Gasteiger partial charge on any atom is -0.465 e. The van der Waals surface area contributed by atoms with Gasteiger partial charge >= 0.3 is 11.9 Å². The van der Waals surface area contributed by atoms with Crippen molar-refractivity contribution in [2.75, 3.05) is 14.2 Å².